The molecule has 0 bridgehead atoms. The van der Waals surface area contributed by atoms with E-state index in [1.54, 1.807) is 24.3 Å². The van der Waals surface area contributed by atoms with Crippen LogP contribution < -0.4 is 0 Å². The molecule has 2 rings (SSSR count). The molecule has 19 heavy (non-hydrogen) atoms. The molecule has 2 aromatic rings. The standard InChI is InChI=1S/C17H16O2/c1-11-8-9-15(13(3)12(11)2)17(19)16-7-5-4-6-14(16)10-18/h4-10H,1-3H3. The number of carbonyl (C=O) groups excluding carboxylic acids is 2. The summed E-state index contributed by atoms with van der Waals surface area (Å²) in [5, 5.41) is 0. The van der Waals surface area contributed by atoms with E-state index < -0.39 is 0 Å². The predicted octanol–water partition coefficient (Wildman–Crippen LogP) is 3.66. The highest BCUT2D eigenvalue weighted by molar-refractivity contribution is 6.13. The van der Waals surface area contributed by atoms with Crippen LogP contribution in [0.5, 0.6) is 0 Å². The van der Waals surface area contributed by atoms with Crippen LogP contribution in [0.25, 0.3) is 0 Å². The molecule has 0 aliphatic heterocycles. The summed E-state index contributed by atoms with van der Waals surface area (Å²) in [4.78, 5) is 23.6. The number of aryl methyl sites for hydroxylation is 1. The quantitative estimate of drug-likeness (QED) is 0.617. The Labute approximate surface area is 113 Å². The normalized spacial score (nSPS) is 10.3. The van der Waals surface area contributed by atoms with Crippen LogP contribution in [0.15, 0.2) is 36.4 Å². The summed E-state index contributed by atoms with van der Waals surface area (Å²) in [6.07, 6.45) is 0.726. The van der Waals surface area contributed by atoms with Gasteiger partial charge in [0.05, 0.1) is 0 Å². The van der Waals surface area contributed by atoms with Gasteiger partial charge in [-0.25, -0.2) is 0 Å². The summed E-state index contributed by atoms with van der Waals surface area (Å²) in [5.41, 5.74) is 4.82. The number of carbonyl (C=O) groups is 2. The Hall–Kier alpha value is -2.22. The lowest BCUT2D eigenvalue weighted by Gasteiger charge is -2.11. The first kappa shape index (κ1) is 13.2. The van der Waals surface area contributed by atoms with Crippen molar-refractivity contribution in [3.8, 4) is 0 Å². The largest absolute Gasteiger partial charge is 0.298 e. The van der Waals surface area contributed by atoms with E-state index in [2.05, 4.69) is 0 Å². The number of hydrogen-bond donors (Lipinski definition) is 0. The Bertz CT molecular complexity index is 654. The first-order valence-corrected chi connectivity index (χ1v) is 6.22. The fourth-order valence-corrected chi connectivity index (χ4v) is 2.15. The Morgan fingerprint density at radius 2 is 1.58 bits per heavy atom. The van der Waals surface area contributed by atoms with E-state index in [1.807, 2.05) is 32.9 Å². The van der Waals surface area contributed by atoms with Crippen LogP contribution in [0, 0.1) is 20.8 Å². The zero-order chi connectivity index (χ0) is 14.0. The number of benzene rings is 2. The van der Waals surface area contributed by atoms with Gasteiger partial charge in [0, 0.05) is 16.7 Å². The highest BCUT2D eigenvalue weighted by Gasteiger charge is 2.16. The zero-order valence-electron chi connectivity index (χ0n) is 11.4. The fraction of sp³-hybridized carbons (Fsp3) is 0.176. The third-order valence-electron chi connectivity index (χ3n) is 3.64. The molecule has 0 aromatic heterocycles. The van der Waals surface area contributed by atoms with E-state index in [-0.39, 0.29) is 5.78 Å². The lowest BCUT2D eigenvalue weighted by atomic mass is 9.92. The van der Waals surface area contributed by atoms with Crippen molar-refractivity contribution < 1.29 is 9.59 Å². The van der Waals surface area contributed by atoms with Gasteiger partial charge in [-0.1, -0.05) is 36.4 Å². The van der Waals surface area contributed by atoms with E-state index in [4.69, 9.17) is 0 Å². The van der Waals surface area contributed by atoms with Gasteiger partial charge in [-0.05, 0) is 37.5 Å². The molecule has 2 heteroatoms. The highest BCUT2D eigenvalue weighted by Crippen LogP contribution is 2.21. The lowest BCUT2D eigenvalue weighted by molar-refractivity contribution is 0.102. The molecule has 0 heterocycles. The summed E-state index contributed by atoms with van der Waals surface area (Å²) < 4.78 is 0. The molecule has 0 saturated carbocycles. The van der Waals surface area contributed by atoms with Crippen molar-refractivity contribution in [2.24, 2.45) is 0 Å². The second-order valence-electron chi connectivity index (χ2n) is 4.71. The second-order valence-corrected chi connectivity index (χ2v) is 4.71. The van der Waals surface area contributed by atoms with Crippen LogP contribution in [0.2, 0.25) is 0 Å². The van der Waals surface area contributed by atoms with Gasteiger partial charge in [0.15, 0.2) is 12.1 Å². The molecule has 0 fully saturated rings. The minimum atomic E-state index is -0.0942. The van der Waals surface area contributed by atoms with Crippen LogP contribution in [0.1, 0.15) is 43.0 Å². The maximum atomic E-state index is 12.6. The van der Waals surface area contributed by atoms with Crippen LogP contribution in [0.4, 0.5) is 0 Å². The van der Waals surface area contributed by atoms with Crippen molar-refractivity contribution in [1.29, 1.82) is 0 Å². The van der Waals surface area contributed by atoms with E-state index in [1.165, 1.54) is 0 Å². The maximum Gasteiger partial charge on any atom is 0.194 e. The van der Waals surface area contributed by atoms with Gasteiger partial charge in [-0.3, -0.25) is 9.59 Å². The minimum Gasteiger partial charge on any atom is -0.298 e. The second kappa shape index (κ2) is 5.19. The Morgan fingerprint density at radius 1 is 0.895 bits per heavy atom. The van der Waals surface area contributed by atoms with Crippen molar-refractivity contribution in [2.75, 3.05) is 0 Å². The summed E-state index contributed by atoms with van der Waals surface area (Å²) in [6.45, 7) is 5.97. The average Bonchev–Trinajstić information content (AvgIpc) is 2.44. The predicted molar refractivity (Wildman–Crippen MR) is 75.9 cm³/mol. The Morgan fingerprint density at radius 3 is 2.26 bits per heavy atom. The molecule has 96 valence electrons. The third-order valence-corrected chi connectivity index (χ3v) is 3.64. The van der Waals surface area contributed by atoms with Crippen LogP contribution in [-0.4, -0.2) is 12.1 Å². The number of ketones is 1. The van der Waals surface area contributed by atoms with E-state index >= 15 is 0 Å². The van der Waals surface area contributed by atoms with Crippen molar-refractivity contribution >= 4 is 12.1 Å². The van der Waals surface area contributed by atoms with E-state index in [9.17, 15) is 9.59 Å². The van der Waals surface area contributed by atoms with Crippen LogP contribution >= 0.6 is 0 Å². The molecular weight excluding hydrogens is 236 g/mol. The summed E-state index contributed by atoms with van der Waals surface area (Å²) >= 11 is 0. The third kappa shape index (κ3) is 2.34. The van der Waals surface area contributed by atoms with Crippen molar-refractivity contribution in [1.82, 2.24) is 0 Å². The fourth-order valence-electron chi connectivity index (χ4n) is 2.15. The SMILES string of the molecule is Cc1ccc(C(=O)c2ccccc2C=O)c(C)c1C. The van der Waals surface area contributed by atoms with Gasteiger partial charge < -0.3 is 0 Å². The Balaban J connectivity index is 2.57. The van der Waals surface area contributed by atoms with Gasteiger partial charge in [0.25, 0.3) is 0 Å². The lowest BCUT2D eigenvalue weighted by Crippen LogP contribution is -2.08. The monoisotopic (exact) mass is 252 g/mol. The smallest absolute Gasteiger partial charge is 0.194 e. The van der Waals surface area contributed by atoms with Crippen LogP contribution in [0.3, 0.4) is 0 Å². The summed E-state index contributed by atoms with van der Waals surface area (Å²) in [5.74, 6) is -0.0942. The number of aldehydes is 1. The first-order chi connectivity index (χ1) is 9.06. The Kier molecular flexibility index (Phi) is 3.61. The van der Waals surface area contributed by atoms with Gasteiger partial charge >= 0.3 is 0 Å². The molecule has 0 amide bonds. The molecule has 0 radical (unpaired) electrons. The number of rotatable bonds is 3. The molecule has 0 aliphatic carbocycles. The summed E-state index contributed by atoms with van der Waals surface area (Å²) in [6, 6.07) is 10.7. The summed E-state index contributed by atoms with van der Waals surface area (Å²) in [7, 11) is 0. The topological polar surface area (TPSA) is 34.1 Å². The van der Waals surface area contributed by atoms with E-state index in [0.29, 0.717) is 16.7 Å². The molecule has 0 unspecified atom stereocenters. The van der Waals surface area contributed by atoms with Crippen LogP contribution in [-0.2, 0) is 0 Å². The average molecular weight is 252 g/mol. The van der Waals surface area contributed by atoms with Crippen molar-refractivity contribution in [3.63, 3.8) is 0 Å². The molecule has 0 N–H and O–H groups in total. The maximum absolute atomic E-state index is 12.6. The van der Waals surface area contributed by atoms with Gasteiger partial charge in [-0.15, -0.1) is 0 Å². The van der Waals surface area contributed by atoms with Gasteiger partial charge in [-0.2, -0.15) is 0 Å². The highest BCUT2D eigenvalue weighted by atomic mass is 16.1. The zero-order valence-corrected chi connectivity index (χ0v) is 11.4. The molecular formula is C17H16O2. The van der Waals surface area contributed by atoms with Crippen molar-refractivity contribution in [3.05, 3.63) is 69.8 Å². The molecule has 2 aromatic carbocycles. The number of hydrogen-bond acceptors (Lipinski definition) is 2. The first-order valence-electron chi connectivity index (χ1n) is 6.22. The molecule has 2 nitrogen and oxygen atoms in total. The van der Waals surface area contributed by atoms with Gasteiger partial charge in [0.1, 0.15) is 0 Å². The molecule has 0 aliphatic rings. The minimum absolute atomic E-state index is 0.0942. The molecule has 0 saturated heterocycles. The van der Waals surface area contributed by atoms with E-state index in [0.717, 1.165) is 23.0 Å². The molecule has 0 atom stereocenters. The van der Waals surface area contributed by atoms with Crippen molar-refractivity contribution in [2.45, 2.75) is 20.8 Å². The molecule has 0 spiro atoms. The van der Waals surface area contributed by atoms with Gasteiger partial charge in [0.2, 0.25) is 0 Å².